The number of rotatable bonds is 0. The lowest BCUT2D eigenvalue weighted by Crippen LogP contribution is -2.50. The van der Waals surface area contributed by atoms with E-state index in [1.54, 1.807) is 0 Å². The van der Waals surface area contributed by atoms with Crippen molar-refractivity contribution in [1.29, 1.82) is 0 Å². The molecule has 0 radical (unpaired) electrons. The highest BCUT2D eigenvalue weighted by molar-refractivity contribution is 5.87. The lowest BCUT2D eigenvalue weighted by Gasteiger charge is -2.57. The summed E-state index contributed by atoms with van der Waals surface area (Å²) in [4.78, 5) is 12.4. The minimum atomic E-state index is -0.216. The van der Waals surface area contributed by atoms with Crippen molar-refractivity contribution >= 4 is 5.78 Å². The first-order valence-corrected chi connectivity index (χ1v) is 8.88. The van der Waals surface area contributed by atoms with Crippen LogP contribution in [-0.4, -0.2) is 17.0 Å². The van der Waals surface area contributed by atoms with Crippen LogP contribution in [0.1, 0.15) is 65.2 Å². The number of aliphatic hydroxyl groups excluding tert-OH is 1. The molecule has 0 saturated heterocycles. The van der Waals surface area contributed by atoms with Gasteiger partial charge in [-0.1, -0.05) is 25.5 Å². The maximum absolute atomic E-state index is 12.4. The van der Waals surface area contributed by atoms with Gasteiger partial charge in [-0.3, -0.25) is 4.79 Å². The summed E-state index contributed by atoms with van der Waals surface area (Å²) in [5.41, 5.74) is 1.82. The topological polar surface area (TPSA) is 37.3 Å². The summed E-state index contributed by atoms with van der Waals surface area (Å²) < 4.78 is 0. The summed E-state index contributed by atoms with van der Waals surface area (Å²) in [7, 11) is 0. The molecule has 0 amide bonds. The third-order valence-corrected chi connectivity index (χ3v) is 7.80. The zero-order valence-electron chi connectivity index (χ0n) is 13.4. The van der Waals surface area contributed by atoms with E-state index >= 15 is 0 Å². The summed E-state index contributed by atoms with van der Waals surface area (Å²) in [6, 6.07) is 0. The molecule has 4 aliphatic rings. The zero-order valence-corrected chi connectivity index (χ0v) is 13.4. The molecule has 2 nitrogen and oxygen atoms in total. The van der Waals surface area contributed by atoms with Gasteiger partial charge in [0.25, 0.3) is 0 Å². The van der Waals surface area contributed by atoms with Crippen LogP contribution in [0.15, 0.2) is 11.6 Å². The van der Waals surface area contributed by atoms with Gasteiger partial charge in [-0.2, -0.15) is 0 Å². The molecule has 21 heavy (non-hydrogen) atoms. The minimum Gasteiger partial charge on any atom is -0.389 e. The second kappa shape index (κ2) is 4.44. The quantitative estimate of drug-likeness (QED) is 0.687. The molecule has 0 unspecified atom stereocenters. The monoisotopic (exact) mass is 288 g/mol. The Morgan fingerprint density at radius 1 is 1.00 bits per heavy atom. The maximum atomic E-state index is 12.4. The number of Topliss-reactive ketones (excluding diaryl/α,β-unsaturated/α-hetero) is 1. The summed E-state index contributed by atoms with van der Waals surface area (Å²) in [6.45, 7) is 4.70. The smallest absolute Gasteiger partial charge is 0.139 e. The van der Waals surface area contributed by atoms with Gasteiger partial charge < -0.3 is 5.11 Å². The summed E-state index contributed by atoms with van der Waals surface area (Å²) >= 11 is 0. The van der Waals surface area contributed by atoms with Gasteiger partial charge in [-0.15, -0.1) is 0 Å². The molecule has 0 spiro atoms. The Kier molecular flexibility index (Phi) is 2.96. The number of carbonyl (C=O) groups is 1. The molecule has 0 aromatic rings. The van der Waals surface area contributed by atoms with E-state index in [9.17, 15) is 9.90 Å². The van der Waals surface area contributed by atoms with Gasteiger partial charge in [-0.25, -0.2) is 0 Å². The molecule has 0 aromatic carbocycles. The van der Waals surface area contributed by atoms with E-state index in [1.807, 2.05) is 0 Å². The predicted octanol–water partition coefficient (Wildman–Crippen LogP) is 3.88. The van der Waals surface area contributed by atoms with Crippen LogP contribution in [0.3, 0.4) is 0 Å². The number of allylic oxidation sites excluding steroid dienone is 1. The predicted molar refractivity (Wildman–Crippen MR) is 82.7 cm³/mol. The molecule has 4 rings (SSSR count). The Balaban J connectivity index is 1.69. The van der Waals surface area contributed by atoms with Crippen molar-refractivity contribution in [2.45, 2.75) is 71.3 Å². The Morgan fingerprint density at radius 2 is 1.71 bits per heavy atom. The average molecular weight is 288 g/mol. The van der Waals surface area contributed by atoms with Gasteiger partial charge in [0, 0.05) is 11.8 Å². The molecule has 6 atom stereocenters. The van der Waals surface area contributed by atoms with Crippen LogP contribution in [0.25, 0.3) is 0 Å². The number of aliphatic hydroxyl groups is 1. The first-order valence-electron chi connectivity index (χ1n) is 8.88. The van der Waals surface area contributed by atoms with E-state index in [4.69, 9.17) is 0 Å². The van der Waals surface area contributed by atoms with E-state index in [0.29, 0.717) is 17.1 Å². The molecule has 1 N–H and O–H groups in total. The number of fused-ring (bicyclic) bond motifs is 5. The third kappa shape index (κ3) is 1.78. The fourth-order valence-corrected chi connectivity index (χ4v) is 6.48. The second-order valence-electron chi connectivity index (χ2n) is 8.55. The molecular weight excluding hydrogens is 260 g/mol. The van der Waals surface area contributed by atoms with Crippen molar-refractivity contribution in [3.63, 3.8) is 0 Å². The van der Waals surface area contributed by atoms with Crippen molar-refractivity contribution in [2.75, 3.05) is 0 Å². The fourth-order valence-electron chi connectivity index (χ4n) is 6.48. The minimum absolute atomic E-state index is 0.00702. The molecule has 0 heterocycles. The maximum Gasteiger partial charge on any atom is 0.139 e. The summed E-state index contributed by atoms with van der Waals surface area (Å²) in [5, 5.41) is 9.96. The molecule has 2 heteroatoms. The Hall–Kier alpha value is -0.630. The molecule has 116 valence electrons. The van der Waals surface area contributed by atoms with Crippen LogP contribution >= 0.6 is 0 Å². The van der Waals surface area contributed by atoms with Crippen LogP contribution in [0.5, 0.6) is 0 Å². The standard InChI is InChI=1S/C19H28O2/c1-18-9-7-13(20)11-12(18)3-4-14-15-5-6-17(21)19(15,2)10-8-16(14)18/h11,13-16,20H,3-10H2,1-2H3/t13-,14+,15+,16+,18+,19-/m0/s1. The number of hydrogen-bond acceptors (Lipinski definition) is 2. The van der Waals surface area contributed by atoms with Crippen LogP contribution in [0.2, 0.25) is 0 Å². The van der Waals surface area contributed by atoms with Crippen molar-refractivity contribution in [3.8, 4) is 0 Å². The number of hydrogen-bond donors (Lipinski definition) is 1. The van der Waals surface area contributed by atoms with Crippen LogP contribution in [-0.2, 0) is 4.79 Å². The first kappa shape index (κ1) is 14.0. The van der Waals surface area contributed by atoms with E-state index in [1.165, 1.54) is 18.4 Å². The molecule has 3 fully saturated rings. The van der Waals surface area contributed by atoms with Crippen LogP contribution in [0, 0.1) is 28.6 Å². The Morgan fingerprint density at radius 3 is 2.52 bits per heavy atom. The molecule has 4 aliphatic carbocycles. The molecular formula is C19H28O2. The van der Waals surface area contributed by atoms with Crippen molar-refractivity contribution in [3.05, 3.63) is 11.6 Å². The van der Waals surface area contributed by atoms with Crippen LogP contribution in [0.4, 0.5) is 0 Å². The summed E-state index contributed by atoms with van der Waals surface area (Å²) in [6.07, 6.45) is 10.7. The van der Waals surface area contributed by atoms with Gasteiger partial charge in [0.2, 0.25) is 0 Å². The zero-order chi connectivity index (χ0) is 14.8. The molecule has 0 bridgehead atoms. The van der Waals surface area contributed by atoms with Gasteiger partial charge in [-0.05, 0) is 68.1 Å². The van der Waals surface area contributed by atoms with Crippen molar-refractivity contribution < 1.29 is 9.90 Å². The van der Waals surface area contributed by atoms with E-state index < -0.39 is 0 Å². The number of carbonyl (C=O) groups excluding carboxylic acids is 1. The van der Waals surface area contributed by atoms with Gasteiger partial charge in [0.1, 0.15) is 5.78 Å². The van der Waals surface area contributed by atoms with E-state index in [-0.39, 0.29) is 11.5 Å². The van der Waals surface area contributed by atoms with Crippen LogP contribution < -0.4 is 0 Å². The van der Waals surface area contributed by atoms with Gasteiger partial charge in [0.05, 0.1) is 6.10 Å². The second-order valence-corrected chi connectivity index (χ2v) is 8.55. The normalized spacial score (nSPS) is 52.7. The highest BCUT2D eigenvalue weighted by Crippen LogP contribution is 2.64. The largest absolute Gasteiger partial charge is 0.389 e. The van der Waals surface area contributed by atoms with Crippen molar-refractivity contribution in [2.24, 2.45) is 28.6 Å². The SMILES string of the molecule is C[C@]12CC[C@@H]3[C@H](CCC4=C[C@@H](O)CC[C@]43C)[C@H]1CCC2=O. The van der Waals surface area contributed by atoms with E-state index in [0.717, 1.165) is 50.4 Å². The highest BCUT2D eigenvalue weighted by atomic mass is 16.3. The Bertz CT molecular complexity index is 508. The first-order chi connectivity index (χ1) is 9.95. The van der Waals surface area contributed by atoms with Gasteiger partial charge >= 0.3 is 0 Å². The fraction of sp³-hybridized carbons (Fsp3) is 0.842. The average Bonchev–Trinajstić information content (AvgIpc) is 2.76. The van der Waals surface area contributed by atoms with E-state index in [2.05, 4.69) is 19.9 Å². The third-order valence-electron chi connectivity index (χ3n) is 7.80. The molecule has 0 aromatic heterocycles. The Labute approximate surface area is 128 Å². The van der Waals surface area contributed by atoms with Gasteiger partial charge in [0.15, 0.2) is 0 Å². The molecule has 0 aliphatic heterocycles. The molecule has 3 saturated carbocycles. The lowest BCUT2D eigenvalue weighted by atomic mass is 9.47. The highest BCUT2D eigenvalue weighted by Gasteiger charge is 2.58. The summed E-state index contributed by atoms with van der Waals surface area (Å²) in [5.74, 6) is 2.66. The lowest BCUT2D eigenvalue weighted by molar-refractivity contribution is -0.132. The van der Waals surface area contributed by atoms with Crippen molar-refractivity contribution in [1.82, 2.24) is 0 Å². The number of ketones is 1.